The number of aliphatic carboxylic acids is 1. The van der Waals surface area contributed by atoms with E-state index in [2.05, 4.69) is 10.2 Å². The molecular formula is C24H21F2N3O3. The van der Waals surface area contributed by atoms with E-state index in [1.807, 2.05) is 19.9 Å². The molecule has 2 heterocycles. The number of carbonyl (C=O) groups is 1. The van der Waals surface area contributed by atoms with Gasteiger partial charge in [0.1, 0.15) is 0 Å². The van der Waals surface area contributed by atoms with Gasteiger partial charge in [0.15, 0.2) is 11.6 Å². The van der Waals surface area contributed by atoms with Gasteiger partial charge in [0.05, 0.1) is 23.7 Å². The van der Waals surface area contributed by atoms with Gasteiger partial charge in [-0.05, 0) is 54.0 Å². The lowest BCUT2D eigenvalue weighted by Gasteiger charge is -2.38. The maximum absolute atomic E-state index is 14.2. The lowest BCUT2D eigenvalue weighted by atomic mass is 9.78. The zero-order valence-corrected chi connectivity index (χ0v) is 17.5. The molecule has 32 heavy (non-hydrogen) atoms. The van der Waals surface area contributed by atoms with Gasteiger partial charge >= 0.3 is 5.97 Å². The second-order valence-corrected chi connectivity index (χ2v) is 8.66. The number of nitrogens with zero attached hydrogens (tertiary/aromatic N) is 2. The van der Waals surface area contributed by atoms with E-state index in [9.17, 15) is 23.5 Å². The predicted molar refractivity (Wildman–Crippen MR) is 117 cm³/mol. The Hall–Kier alpha value is -3.55. The molecule has 8 heteroatoms. The predicted octanol–water partition coefficient (Wildman–Crippen LogP) is 4.98. The van der Waals surface area contributed by atoms with Crippen molar-refractivity contribution in [1.29, 1.82) is 0 Å². The van der Waals surface area contributed by atoms with E-state index in [1.54, 1.807) is 16.8 Å². The standard InChI is InChI=1S/C24H21F2N3O3/c1-11(2)22-21(12-3-5-17(25)18(26)8-12)15-7-13-10-27-28-19(13)9-16(15)23(30)29(22)20-6-4-14(20)24(31)32/h3,5,7-11,14,20H,4,6H2,1-2H3,(H,27,28)(H,31,32). The molecule has 0 aliphatic heterocycles. The molecule has 164 valence electrons. The van der Waals surface area contributed by atoms with Crippen molar-refractivity contribution < 1.29 is 18.7 Å². The smallest absolute Gasteiger partial charge is 0.308 e. The zero-order chi connectivity index (χ0) is 22.7. The summed E-state index contributed by atoms with van der Waals surface area (Å²) < 4.78 is 29.5. The highest BCUT2D eigenvalue weighted by atomic mass is 19.2. The molecule has 4 aromatic rings. The van der Waals surface area contributed by atoms with Crippen LogP contribution in [0.4, 0.5) is 8.78 Å². The van der Waals surface area contributed by atoms with Gasteiger partial charge in [-0.15, -0.1) is 0 Å². The van der Waals surface area contributed by atoms with Crippen molar-refractivity contribution in [3.8, 4) is 11.1 Å². The third-order valence-electron chi connectivity index (χ3n) is 6.45. The number of carboxylic acid groups (broad SMARTS) is 1. The molecule has 2 N–H and O–H groups in total. The van der Waals surface area contributed by atoms with Crippen molar-refractivity contribution in [2.45, 2.75) is 38.6 Å². The molecule has 0 bridgehead atoms. The molecule has 0 saturated heterocycles. The molecule has 1 fully saturated rings. The molecule has 2 atom stereocenters. The van der Waals surface area contributed by atoms with Crippen molar-refractivity contribution in [2.75, 3.05) is 0 Å². The summed E-state index contributed by atoms with van der Waals surface area (Å²) in [6, 6.07) is 6.69. The molecule has 1 saturated carbocycles. The maximum atomic E-state index is 14.2. The Labute approximate surface area is 181 Å². The molecule has 6 nitrogen and oxygen atoms in total. The van der Waals surface area contributed by atoms with E-state index in [-0.39, 0.29) is 11.5 Å². The lowest BCUT2D eigenvalue weighted by Crippen LogP contribution is -2.41. The topological polar surface area (TPSA) is 88.0 Å². The summed E-state index contributed by atoms with van der Waals surface area (Å²) >= 11 is 0. The average Bonchev–Trinajstić information content (AvgIpc) is 3.16. The van der Waals surface area contributed by atoms with Crippen LogP contribution in [0.3, 0.4) is 0 Å². The number of H-pyrrole nitrogens is 1. The molecule has 2 aromatic carbocycles. The Balaban J connectivity index is 1.95. The molecule has 2 unspecified atom stereocenters. The zero-order valence-electron chi connectivity index (χ0n) is 17.5. The maximum Gasteiger partial charge on any atom is 0.308 e. The van der Waals surface area contributed by atoms with Gasteiger partial charge < -0.3 is 9.67 Å². The number of aromatic amines is 1. The number of hydrogen-bond acceptors (Lipinski definition) is 3. The van der Waals surface area contributed by atoms with Crippen LogP contribution in [0.1, 0.15) is 44.3 Å². The molecular weight excluding hydrogens is 416 g/mol. The summed E-state index contributed by atoms with van der Waals surface area (Å²) in [4.78, 5) is 25.5. The van der Waals surface area contributed by atoms with Crippen molar-refractivity contribution in [3.63, 3.8) is 0 Å². The Morgan fingerprint density at radius 1 is 1.16 bits per heavy atom. The second-order valence-electron chi connectivity index (χ2n) is 8.66. The molecule has 2 aromatic heterocycles. The SMILES string of the molecule is CC(C)c1c(-c2ccc(F)c(F)c2)c2cc3cn[nH]c3cc2c(=O)n1C1CCC1C(=O)O. The minimum atomic E-state index is -0.987. The van der Waals surface area contributed by atoms with Gasteiger partial charge in [-0.3, -0.25) is 14.7 Å². The third-order valence-corrected chi connectivity index (χ3v) is 6.45. The summed E-state index contributed by atoms with van der Waals surface area (Å²) in [6.07, 6.45) is 2.69. The summed E-state index contributed by atoms with van der Waals surface area (Å²) in [5.74, 6) is -3.73. The average molecular weight is 437 g/mol. The summed E-state index contributed by atoms with van der Waals surface area (Å²) in [6.45, 7) is 3.82. The van der Waals surface area contributed by atoms with E-state index in [0.29, 0.717) is 46.0 Å². The molecule has 1 aliphatic rings. The van der Waals surface area contributed by atoms with Crippen LogP contribution in [0, 0.1) is 17.6 Å². The minimum Gasteiger partial charge on any atom is -0.481 e. The minimum absolute atomic E-state index is 0.176. The number of aromatic nitrogens is 3. The first-order valence-electron chi connectivity index (χ1n) is 10.5. The van der Waals surface area contributed by atoms with Crippen LogP contribution in [-0.4, -0.2) is 25.8 Å². The van der Waals surface area contributed by atoms with Crippen molar-refractivity contribution in [1.82, 2.24) is 14.8 Å². The van der Waals surface area contributed by atoms with E-state index in [4.69, 9.17) is 0 Å². The Morgan fingerprint density at radius 3 is 2.56 bits per heavy atom. The van der Waals surface area contributed by atoms with E-state index in [0.717, 1.165) is 17.5 Å². The Kier molecular flexibility index (Phi) is 4.62. The second kappa shape index (κ2) is 7.25. The van der Waals surface area contributed by atoms with Gasteiger partial charge in [0, 0.05) is 22.0 Å². The normalized spacial score (nSPS) is 18.4. The van der Waals surface area contributed by atoms with Gasteiger partial charge in [-0.1, -0.05) is 19.9 Å². The van der Waals surface area contributed by atoms with E-state index in [1.165, 1.54) is 6.07 Å². The Morgan fingerprint density at radius 2 is 1.94 bits per heavy atom. The number of halogens is 2. The van der Waals surface area contributed by atoms with Gasteiger partial charge in [0.25, 0.3) is 5.56 Å². The number of pyridine rings is 1. The fraction of sp³-hybridized carbons (Fsp3) is 0.292. The molecule has 0 radical (unpaired) electrons. The van der Waals surface area contributed by atoms with E-state index >= 15 is 0 Å². The van der Waals surface area contributed by atoms with Crippen LogP contribution < -0.4 is 5.56 Å². The Bertz CT molecular complexity index is 1450. The molecule has 1 aliphatic carbocycles. The van der Waals surface area contributed by atoms with Gasteiger partial charge in [0.2, 0.25) is 0 Å². The van der Waals surface area contributed by atoms with Crippen molar-refractivity contribution >= 4 is 27.6 Å². The molecule has 0 spiro atoms. The number of nitrogens with one attached hydrogen (secondary N) is 1. The number of benzene rings is 2. The van der Waals surface area contributed by atoms with E-state index < -0.39 is 29.6 Å². The van der Waals surface area contributed by atoms with Crippen LogP contribution in [0.5, 0.6) is 0 Å². The fourth-order valence-corrected chi connectivity index (χ4v) is 4.80. The number of hydrogen-bond donors (Lipinski definition) is 2. The van der Waals surface area contributed by atoms with Crippen LogP contribution in [-0.2, 0) is 4.79 Å². The van der Waals surface area contributed by atoms with Crippen LogP contribution in [0.15, 0.2) is 41.3 Å². The summed E-state index contributed by atoms with van der Waals surface area (Å²) in [5.41, 5.74) is 2.03. The highest BCUT2D eigenvalue weighted by Crippen LogP contribution is 2.43. The van der Waals surface area contributed by atoms with Crippen LogP contribution in [0.25, 0.3) is 32.8 Å². The summed E-state index contributed by atoms with van der Waals surface area (Å²) in [7, 11) is 0. The highest BCUT2D eigenvalue weighted by molar-refractivity contribution is 6.04. The number of rotatable bonds is 4. The monoisotopic (exact) mass is 437 g/mol. The molecule has 5 rings (SSSR count). The first kappa shape index (κ1) is 20.4. The van der Waals surface area contributed by atoms with Crippen molar-refractivity contribution in [3.05, 3.63) is 64.2 Å². The van der Waals surface area contributed by atoms with Gasteiger partial charge in [-0.25, -0.2) is 8.78 Å². The third kappa shape index (κ3) is 2.93. The van der Waals surface area contributed by atoms with Crippen LogP contribution in [0.2, 0.25) is 0 Å². The largest absolute Gasteiger partial charge is 0.481 e. The number of fused-ring (bicyclic) bond motifs is 2. The lowest BCUT2D eigenvalue weighted by molar-refractivity contribution is -0.147. The summed E-state index contributed by atoms with van der Waals surface area (Å²) in [5, 5.41) is 18.3. The fourth-order valence-electron chi connectivity index (χ4n) is 4.80. The quantitative estimate of drug-likeness (QED) is 0.471. The highest BCUT2D eigenvalue weighted by Gasteiger charge is 2.40. The first-order chi connectivity index (χ1) is 15.3. The molecule has 0 amide bonds. The van der Waals surface area contributed by atoms with Gasteiger partial charge in [-0.2, -0.15) is 5.10 Å². The first-order valence-corrected chi connectivity index (χ1v) is 10.5. The van der Waals surface area contributed by atoms with Crippen LogP contribution >= 0.6 is 0 Å². The number of carboxylic acids is 1. The van der Waals surface area contributed by atoms with Crippen molar-refractivity contribution in [2.24, 2.45) is 5.92 Å².